The van der Waals surface area contributed by atoms with Crippen molar-refractivity contribution in [1.29, 1.82) is 0 Å². The summed E-state index contributed by atoms with van der Waals surface area (Å²) in [5.74, 6) is 0.902. The maximum Gasteiger partial charge on any atom is 0.118 e. The molecule has 1 heterocycles. The SMILES string of the molecule is COc1ccc(C2N(Cc3ccccc3)CC(C)N2Cc2ccccc2)cc1. The number of hydrogen-bond donors (Lipinski definition) is 0. The molecule has 3 nitrogen and oxygen atoms in total. The highest BCUT2D eigenvalue weighted by Crippen LogP contribution is 2.36. The molecule has 1 aliphatic heterocycles. The molecule has 4 rings (SSSR count). The molecule has 2 atom stereocenters. The zero-order chi connectivity index (χ0) is 19.3. The molecule has 2 unspecified atom stereocenters. The van der Waals surface area contributed by atoms with Gasteiger partial charge in [0, 0.05) is 25.7 Å². The lowest BCUT2D eigenvalue weighted by molar-refractivity contribution is 0.112. The zero-order valence-corrected chi connectivity index (χ0v) is 16.7. The van der Waals surface area contributed by atoms with E-state index in [9.17, 15) is 0 Å². The molecule has 1 aliphatic rings. The standard InChI is InChI=1S/C25H28N2O/c1-20-17-26(18-21-9-5-3-6-10-21)25(23-13-15-24(28-2)16-14-23)27(20)19-22-11-7-4-8-12-22/h3-16,20,25H,17-19H2,1-2H3. The average Bonchev–Trinajstić information content (AvgIpc) is 3.04. The highest BCUT2D eigenvalue weighted by Gasteiger charge is 2.37. The topological polar surface area (TPSA) is 15.7 Å². The molecular weight excluding hydrogens is 344 g/mol. The number of rotatable bonds is 6. The maximum absolute atomic E-state index is 5.37. The molecule has 0 radical (unpaired) electrons. The highest BCUT2D eigenvalue weighted by atomic mass is 16.5. The first kappa shape index (κ1) is 18.7. The molecule has 3 aromatic carbocycles. The van der Waals surface area contributed by atoms with Gasteiger partial charge >= 0.3 is 0 Å². The first-order valence-corrected chi connectivity index (χ1v) is 9.96. The quantitative estimate of drug-likeness (QED) is 0.599. The molecular formula is C25H28N2O. The summed E-state index contributed by atoms with van der Waals surface area (Å²) in [4.78, 5) is 5.20. The third kappa shape index (κ3) is 4.11. The molecule has 1 saturated heterocycles. The minimum absolute atomic E-state index is 0.251. The van der Waals surface area contributed by atoms with Crippen molar-refractivity contribution in [2.75, 3.05) is 13.7 Å². The Morgan fingerprint density at radius 1 is 0.786 bits per heavy atom. The Morgan fingerprint density at radius 2 is 1.36 bits per heavy atom. The predicted octanol–water partition coefficient (Wildman–Crippen LogP) is 5.10. The van der Waals surface area contributed by atoms with E-state index in [0.29, 0.717) is 6.04 Å². The minimum atomic E-state index is 0.251. The molecule has 28 heavy (non-hydrogen) atoms. The van der Waals surface area contributed by atoms with Gasteiger partial charge in [0.25, 0.3) is 0 Å². The number of methoxy groups -OCH3 is 1. The summed E-state index contributed by atoms with van der Waals surface area (Å²) in [6, 6.07) is 30.6. The van der Waals surface area contributed by atoms with E-state index >= 15 is 0 Å². The second kappa shape index (κ2) is 8.59. The van der Waals surface area contributed by atoms with Gasteiger partial charge < -0.3 is 4.74 Å². The largest absolute Gasteiger partial charge is 0.497 e. The fourth-order valence-corrected chi connectivity index (χ4v) is 4.18. The van der Waals surface area contributed by atoms with Crippen LogP contribution in [0.5, 0.6) is 5.75 Å². The monoisotopic (exact) mass is 372 g/mol. The maximum atomic E-state index is 5.37. The van der Waals surface area contributed by atoms with Crippen LogP contribution in [0.4, 0.5) is 0 Å². The van der Waals surface area contributed by atoms with Gasteiger partial charge in [-0.3, -0.25) is 9.80 Å². The molecule has 0 aliphatic carbocycles. The normalized spacial score (nSPS) is 20.4. The smallest absolute Gasteiger partial charge is 0.118 e. The van der Waals surface area contributed by atoms with E-state index in [-0.39, 0.29) is 6.17 Å². The Hall–Kier alpha value is -2.62. The molecule has 0 N–H and O–H groups in total. The molecule has 1 fully saturated rings. The van der Waals surface area contributed by atoms with Crippen LogP contribution in [0.15, 0.2) is 84.9 Å². The summed E-state index contributed by atoms with van der Waals surface area (Å²) < 4.78 is 5.37. The Morgan fingerprint density at radius 3 is 1.93 bits per heavy atom. The number of ether oxygens (including phenoxy) is 1. The molecule has 0 saturated carbocycles. The van der Waals surface area contributed by atoms with Gasteiger partial charge in [0.15, 0.2) is 0 Å². The van der Waals surface area contributed by atoms with Crippen LogP contribution in [0.25, 0.3) is 0 Å². The first-order valence-electron chi connectivity index (χ1n) is 9.96. The summed E-state index contributed by atoms with van der Waals surface area (Å²) in [7, 11) is 1.72. The fraction of sp³-hybridized carbons (Fsp3) is 0.280. The summed E-state index contributed by atoms with van der Waals surface area (Å²) >= 11 is 0. The van der Waals surface area contributed by atoms with Crippen molar-refractivity contribution < 1.29 is 4.74 Å². The fourth-order valence-electron chi connectivity index (χ4n) is 4.18. The van der Waals surface area contributed by atoms with Crippen molar-refractivity contribution in [2.24, 2.45) is 0 Å². The lowest BCUT2D eigenvalue weighted by atomic mass is 10.1. The van der Waals surface area contributed by atoms with Gasteiger partial charge in [-0.2, -0.15) is 0 Å². The molecule has 144 valence electrons. The molecule has 3 aromatic rings. The number of nitrogens with zero attached hydrogens (tertiary/aromatic N) is 2. The summed E-state index contributed by atoms with van der Waals surface area (Å²) in [5.41, 5.74) is 4.03. The van der Waals surface area contributed by atoms with Crippen molar-refractivity contribution in [2.45, 2.75) is 32.2 Å². The Labute approximate surface area is 168 Å². The molecule has 0 bridgehead atoms. The van der Waals surface area contributed by atoms with E-state index in [2.05, 4.69) is 102 Å². The lowest BCUT2D eigenvalue weighted by Gasteiger charge is -2.32. The van der Waals surface area contributed by atoms with Crippen LogP contribution in [-0.4, -0.2) is 29.5 Å². The minimum Gasteiger partial charge on any atom is -0.497 e. The van der Waals surface area contributed by atoms with Gasteiger partial charge in [-0.1, -0.05) is 72.8 Å². The number of hydrogen-bond acceptors (Lipinski definition) is 3. The van der Waals surface area contributed by atoms with Crippen molar-refractivity contribution in [3.8, 4) is 5.75 Å². The van der Waals surface area contributed by atoms with Crippen LogP contribution in [0.2, 0.25) is 0 Å². The van der Waals surface area contributed by atoms with E-state index in [1.54, 1.807) is 7.11 Å². The molecule has 3 heteroatoms. The van der Waals surface area contributed by atoms with Crippen molar-refractivity contribution in [3.05, 3.63) is 102 Å². The molecule has 0 spiro atoms. The average molecular weight is 373 g/mol. The van der Waals surface area contributed by atoms with Crippen LogP contribution in [-0.2, 0) is 13.1 Å². The van der Waals surface area contributed by atoms with E-state index in [4.69, 9.17) is 4.74 Å². The zero-order valence-electron chi connectivity index (χ0n) is 16.7. The molecule has 0 amide bonds. The van der Waals surface area contributed by atoms with Gasteiger partial charge in [0.1, 0.15) is 5.75 Å². The van der Waals surface area contributed by atoms with Crippen LogP contribution in [0.1, 0.15) is 29.8 Å². The second-order valence-corrected chi connectivity index (χ2v) is 7.57. The van der Waals surface area contributed by atoms with Gasteiger partial charge in [-0.25, -0.2) is 0 Å². The van der Waals surface area contributed by atoms with Crippen LogP contribution in [0, 0.1) is 0 Å². The van der Waals surface area contributed by atoms with E-state index in [1.807, 2.05) is 0 Å². The summed E-state index contributed by atoms with van der Waals surface area (Å²) in [5, 5.41) is 0. The van der Waals surface area contributed by atoms with Crippen molar-refractivity contribution in [3.63, 3.8) is 0 Å². The Bertz CT molecular complexity index is 864. The predicted molar refractivity (Wildman–Crippen MR) is 114 cm³/mol. The van der Waals surface area contributed by atoms with Gasteiger partial charge in [0.05, 0.1) is 13.3 Å². The van der Waals surface area contributed by atoms with E-state index in [0.717, 1.165) is 25.4 Å². The third-order valence-corrected chi connectivity index (χ3v) is 5.58. The first-order chi connectivity index (χ1) is 13.7. The number of benzene rings is 3. The van der Waals surface area contributed by atoms with Crippen molar-refractivity contribution in [1.82, 2.24) is 9.80 Å². The summed E-state index contributed by atoms with van der Waals surface area (Å²) in [6.45, 7) is 5.29. The van der Waals surface area contributed by atoms with Crippen LogP contribution < -0.4 is 4.74 Å². The Balaban J connectivity index is 1.64. The van der Waals surface area contributed by atoms with Gasteiger partial charge in [0.2, 0.25) is 0 Å². The van der Waals surface area contributed by atoms with Gasteiger partial charge in [-0.15, -0.1) is 0 Å². The van der Waals surface area contributed by atoms with Crippen LogP contribution >= 0.6 is 0 Å². The van der Waals surface area contributed by atoms with Crippen molar-refractivity contribution >= 4 is 0 Å². The second-order valence-electron chi connectivity index (χ2n) is 7.57. The third-order valence-electron chi connectivity index (χ3n) is 5.58. The van der Waals surface area contributed by atoms with E-state index < -0.39 is 0 Å². The van der Waals surface area contributed by atoms with Crippen LogP contribution in [0.3, 0.4) is 0 Å². The summed E-state index contributed by atoms with van der Waals surface area (Å²) in [6.07, 6.45) is 0.251. The van der Waals surface area contributed by atoms with E-state index in [1.165, 1.54) is 16.7 Å². The lowest BCUT2D eigenvalue weighted by Crippen LogP contribution is -2.32. The Kier molecular flexibility index (Phi) is 5.75. The van der Waals surface area contributed by atoms with Gasteiger partial charge in [-0.05, 0) is 35.7 Å². The highest BCUT2D eigenvalue weighted by molar-refractivity contribution is 5.30. The molecule has 0 aromatic heterocycles.